The monoisotopic (exact) mass is 390 g/mol. The van der Waals surface area contributed by atoms with E-state index in [-0.39, 0.29) is 23.8 Å². The summed E-state index contributed by atoms with van der Waals surface area (Å²) in [4.78, 5) is 28.2. The Morgan fingerprint density at radius 1 is 0.889 bits per heavy atom. The molecule has 1 heterocycles. The van der Waals surface area contributed by atoms with Crippen LogP contribution in [-0.4, -0.2) is 63.1 Å². The molecule has 8 heteroatoms. The molecule has 1 aliphatic rings. The van der Waals surface area contributed by atoms with E-state index < -0.39 is 17.2 Å². The number of phenolic OH excluding ortho intramolecular Hbond substituents is 3. The summed E-state index contributed by atoms with van der Waals surface area (Å²) in [6.45, 7) is 1.48. The first-order valence-corrected chi connectivity index (χ1v) is 8.79. The number of benzene rings is 2. The molecule has 0 unspecified atom stereocenters. The highest BCUT2D eigenvalue weighted by Crippen LogP contribution is 2.35. The second-order valence-corrected chi connectivity index (χ2v) is 6.78. The van der Waals surface area contributed by atoms with Gasteiger partial charge in [0.2, 0.25) is 5.91 Å². The zero-order valence-corrected chi connectivity index (χ0v) is 15.2. The van der Waals surface area contributed by atoms with Gasteiger partial charge in [-0.25, -0.2) is 0 Å². The fraction of sp³-hybridized carbons (Fsp3) is 0.263. The predicted molar refractivity (Wildman–Crippen MR) is 99.1 cm³/mol. The highest BCUT2D eigenvalue weighted by molar-refractivity contribution is 6.30. The molecule has 0 atom stereocenters. The molecule has 0 radical (unpaired) electrons. The molecule has 3 rings (SSSR count). The third kappa shape index (κ3) is 4.25. The number of hydrogen-bond acceptors (Lipinski definition) is 5. The highest BCUT2D eigenvalue weighted by Gasteiger charge is 2.26. The Bertz CT molecular complexity index is 838. The summed E-state index contributed by atoms with van der Waals surface area (Å²) in [6, 6.07) is 9.31. The van der Waals surface area contributed by atoms with Crippen molar-refractivity contribution in [2.24, 2.45) is 0 Å². The van der Waals surface area contributed by atoms with Crippen LogP contribution >= 0.6 is 11.6 Å². The van der Waals surface area contributed by atoms with Crippen molar-refractivity contribution < 1.29 is 24.9 Å². The van der Waals surface area contributed by atoms with Crippen molar-refractivity contribution in [1.29, 1.82) is 0 Å². The minimum atomic E-state index is -0.663. The smallest absolute Gasteiger partial charge is 0.254 e. The number of hydrogen-bond donors (Lipinski definition) is 3. The van der Waals surface area contributed by atoms with Crippen molar-refractivity contribution >= 4 is 23.4 Å². The number of carbonyl (C=O) groups is 2. The zero-order valence-electron chi connectivity index (χ0n) is 14.4. The minimum absolute atomic E-state index is 0.0238. The molecule has 0 spiro atoms. The molecule has 0 saturated carbocycles. The van der Waals surface area contributed by atoms with Gasteiger partial charge in [0.05, 0.1) is 6.42 Å². The minimum Gasteiger partial charge on any atom is -0.504 e. The summed E-state index contributed by atoms with van der Waals surface area (Å²) in [6.07, 6.45) is 0.269. The molecule has 0 bridgehead atoms. The summed E-state index contributed by atoms with van der Waals surface area (Å²) in [5.41, 5.74) is 0.946. The maximum atomic E-state index is 12.5. The molecule has 3 N–H and O–H groups in total. The van der Waals surface area contributed by atoms with Gasteiger partial charge in [-0.15, -0.1) is 0 Å². The number of aromatic hydroxyl groups is 3. The van der Waals surface area contributed by atoms with Gasteiger partial charge in [-0.2, -0.15) is 0 Å². The van der Waals surface area contributed by atoms with Crippen molar-refractivity contribution in [1.82, 2.24) is 9.80 Å². The molecule has 1 saturated heterocycles. The van der Waals surface area contributed by atoms with Crippen LogP contribution in [0.15, 0.2) is 36.4 Å². The number of carbonyl (C=O) groups excluding carboxylic acids is 2. The van der Waals surface area contributed by atoms with Crippen LogP contribution in [0.25, 0.3) is 0 Å². The van der Waals surface area contributed by atoms with Crippen LogP contribution in [-0.2, 0) is 11.2 Å². The summed E-state index contributed by atoms with van der Waals surface area (Å²) < 4.78 is 0. The third-order valence-electron chi connectivity index (χ3n) is 4.50. The van der Waals surface area contributed by atoms with E-state index in [2.05, 4.69) is 0 Å². The van der Waals surface area contributed by atoms with Crippen LogP contribution < -0.4 is 0 Å². The summed E-state index contributed by atoms with van der Waals surface area (Å²) in [5, 5.41) is 29.1. The number of phenols is 3. The van der Waals surface area contributed by atoms with E-state index in [1.54, 1.807) is 17.0 Å². The number of rotatable bonds is 3. The lowest BCUT2D eigenvalue weighted by molar-refractivity contribution is -0.131. The average Bonchev–Trinajstić information content (AvgIpc) is 2.67. The molecular weight excluding hydrogens is 372 g/mol. The van der Waals surface area contributed by atoms with E-state index in [4.69, 9.17) is 11.6 Å². The molecule has 0 aromatic heterocycles. The largest absolute Gasteiger partial charge is 0.504 e. The number of nitrogens with zero attached hydrogens (tertiary/aromatic N) is 2. The molecule has 1 fully saturated rings. The Morgan fingerprint density at radius 2 is 1.41 bits per heavy atom. The van der Waals surface area contributed by atoms with Crippen LogP contribution in [0.5, 0.6) is 17.2 Å². The predicted octanol–water partition coefficient (Wildman–Crippen LogP) is 1.98. The van der Waals surface area contributed by atoms with Crippen LogP contribution in [0.2, 0.25) is 5.02 Å². The third-order valence-corrected chi connectivity index (χ3v) is 4.76. The zero-order chi connectivity index (χ0) is 19.6. The van der Waals surface area contributed by atoms with E-state index >= 15 is 0 Å². The Balaban J connectivity index is 1.59. The SMILES string of the molecule is O=C(Cc1ccc(Cl)cc1)N1CCN(C(=O)c2cc(O)c(O)c(O)c2)CC1. The first-order chi connectivity index (χ1) is 12.8. The van der Waals surface area contributed by atoms with Crippen molar-refractivity contribution in [3.05, 3.63) is 52.5 Å². The Kier molecular flexibility index (Phi) is 5.41. The molecule has 2 aromatic carbocycles. The van der Waals surface area contributed by atoms with Crippen molar-refractivity contribution in [3.63, 3.8) is 0 Å². The van der Waals surface area contributed by atoms with Crippen molar-refractivity contribution in [2.45, 2.75) is 6.42 Å². The van der Waals surface area contributed by atoms with Crippen molar-refractivity contribution in [2.75, 3.05) is 26.2 Å². The number of amides is 2. The van der Waals surface area contributed by atoms with Crippen LogP contribution in [0.1, 0.15) is 15.9 Å². The molecule has 27 heavy (non-hydrogen) atoms. The number of piperazine rings is 1. The van der Waals surface area contributed by atoms with E-state index in [0.717, 1.165) is 17.7 Å². The van der Waals surface area contributed by atoms with Gasteiger partial charge in [0.25, 0.3) is 5.91 Å². The van der Waals surface area contributed by atoms with Gasteiger partial charge in [0, 0.05) is 36.8 Å². The van der Waals surface area contributed by atoms with Gasteiger partial charge in [-0.1, -0.05) is 23.7 Å². The molecule has 2 amide bonds. The summed E-state index contributed by atoms with van der Waals surface area (Å²) >= 11 is 5.84. The highest BCUT2D eigenvalue weighted by atomic mass is 35.5. The van der Waals surface area contributed by atoms with Crippen molar-refractivity contribution in [3.8, 4) is 17.2 Å². The van der Waals surface area contributed by atoms with E-state index in [0.29, 0.717) is 31.2 Å². The maximum Gasteiger partial charge on any atom is 0.254 e. The lowest BCUT2D eigenvalue weighted by Gasteiger charge is -2.35. The molecule has 0 aliphatic carbocycles. The summed E-state index contributed by atoms with van der Waals surface area (Å²) in [5.74, 6) is -2.19. The molecule has 142 valence electrons. The standard InChI is InChI=1S/C19H19ClN2O5/c20-14-3-1-12(2-4-14)9-17(25)21-5-7-22(8-6-21)19(27)13-10-15(23)18(26)16(24)11-13/h1-4,10-11,23-24,26H,5-9H2. The van der Waals surface area contributed by atoms with Gasteiger partial charge in [-0.05, 0) is 29.8 Å². The van der Waals surface area contributed by atoms with Gasteiger partial charge in [-0.3, -0.25) is 9.59 Å². The maximum absolute atomic E-state index is 12.5. The van der Waals surface area contributed by atoms with E-state index in [9.17, 15) is 24.9 Å². The normalized spacial score (nSPS) is 14.3. The lowest BCUT2D eigenvalue weighted by atomic mass is 10.1. The van der Waals surface area contributed by atoms with Gasteiger partial charge in [0.1, 0.15) is 0 Å². The van der Waals surface area contributed by atoms with Gasteiger partial charge in [0.15, 0.2) is 17.2 Å². The molecule has 1 aliphatic heterocycles. The molecule has 2 aromatic rings. The number of halogens is 1. The van der Waals surface area contributed by atoms with E-state index in [1.165, 1.54) is 4.90 Å². The lowest BCUT2D eigenvalue weighted by Crippen LogP contribution is -2.51. The van der Waals surface area contributed by atoms with Gasteiger partial charge < -0.3 is 25.1 Å². The fourth-order valence-corrected chi connectivity index (χ4v) is 3.08. The topological polar surface area (TPSA) is 101 Å². The first-order valence-electron chi connectivity index (χ1n) is 8.41. The second-order valence-electron chi connectivity index (χ2n) is 6.34. The molecule has 7 nitrogen and oxygen atoms in total. The van der Waals surface area contributed by atoms with E-state index in [1.807, 2.05) is 12.1 Å². The first kappa shape index (κ1) is 18.8. The second kappa shape index (κ2) is 7.75. The van der Waals surface area contributed by atoms with Crippen LogP contribution in [0.3, 0.4) is 0 Å². The quantitative estimate of drug-likeness (QED) is 0.696. The average molecular weight is 391 g/mol. The molecular formula is C19H19ClN2O5. The summed E-state index contributed by atoms with van der Waals surface area (Å²) in [7, 11) is 0. The Hall–Kier alpha value is -2.93. The van der Waals surface area contributed by atoms with Gasteiger partial charge >= 0.3 is 0 Å². The fourth-order valence-electron chi connectivity index (χ4n) is 2.96. The van der Waals surface area contributed by atoms with Crippen LogP contribution in [0, 0.1) is 0 Å². The Labute approximate surface area is 161 Å². The van der Waals surface area contributed by atoms with Crippen LogP contribution in [0.4, 0.5) is 0 Å². The Morgan fingerprint density at radius 3 is 1.96 bits per heavy atom.